The molecule has 0 radical (unpaired) electrons. The van der Waals surface area contributed by atoms with Gasteiger partial charge in [0.25, 0.3) is 11.8 Å². The van der Waals surface area contributed by atoms with Gasteiger partial charge in [-0.25, -0.2) is 0 Å². The van der Waals surface area contributed by atoms with Gasteiger partial charge >= 0.3 is 0 Å². The first-order chi connectivity index (χ1) is 13.7. The minimum absolute atomic E-state index is 0.0556. The quantitative estimate of drug-likeness (QED) is 0.687. The Balaban J connectivity index is 1.64. The Morgan fingerprint density at radius 1 is 1.14 bits per heavy atom. The molecule has 29 heavy (non-hydrogen) atoms. The van der Waals surface area contributed by atoms with E-state index < -0.39 is 6.04 Å². The van der Waals surface area contributed by atoms with E-state index in [1.165, 1.54) is 4.90 Å². The summed E-state index contributed by atoms with van der Waals surface area (Å²) in [5.41, 5.74) is 1.14. The highest BCUT2D eigenvalue weighted by molar-refractivity contribution is 7.98. The van der Waals surface area contributed by atoms with Gasteiger partial charge in [-0.15, -0.1) is 0 Å². The largest absolute Gasteiger partial charge is 0.337 e. The molecule has 2 bridgehead atoms. The molecular formula is C23H30N2O3S. The summed E-state index contributed by atoms with van der Waals surface area (Å²) in [5, 5.41) is 0. The summed E-state index contributed by atoms with van der Waals surface area (Å²) in [7, 11) is 0. The van der Waals surface area contributed by atoms with Crippen molar-refractivity contribution in [3.8, 4) is 0 Å². The van der Waals surface area contributed by atoms with Crippen molar-refractivity contribution in [1.82, 2.24) is 9.80 Å². The van der Waals surface area contributed by atoms with Gasteiger partial charge < -0.3 is 4.90 Å². The summed E-state index contributed by atoms with van der Waals surface area (Å²) < 4.78 is 0. The van der Waals surface area contributed by atoms with E-state index in [0.29, 0.717) is 17.5 Å². The third-order valence-electron chi connectivity index (χ3n) is 6.72. The van der Waals surface area contributed by atoms with Crippen LogP contribution >= 0.6 is 11.8 Å². The summed E-state index contributed by atoms with van der Waals surface area (Å²) in [6, 6.07) is 6.36. The molecular weight excluding hydrogens is 384 g/mol. The summed E-state index contributed by atoms with van der Waals surface area (Å²) in [6.07, 6.45) is 5.57. The second-order valence-corrected chi connectivity index (χ2v) is 11.0. The average Bonchev–Trinajstić information content (AvgIpc) is 3.05. The molecule has 1 saturated carbocycles. The number of carbonyl (C=O) groups is 3. The second kappa shape index (κ2) is 7.15. The van der Waals surface area contributed by atoms with Gasteiger partial charge in [0.1, 0.15) is 6.04 Å². The first kappa shape index (κ1) is 20.5. The fourth-order valence-corrected chi connectivity index (χ4v) is 6.45. The highest BCUT2D eigenvalue weighted by Crippen LogP contribution is 2.52. The molecule has 2 fully saturated rings. The van der Waals surface area contributed by atoms with Crippen LogP contribution in [0, 0.1) is 10.8 Å². The molecule has 1 saturated heterocycles. The van der Waals surface area contributed by atoms with Crippen molar-refractivity contribution >= 4 is 29.5 Å². The number of hydrogen-bond acceptors (Lipinski definition) is 4. The summed E-state index contributed by atoms with van der Waals surface area (Å²) in [4.78, 5) is 43.1. The minimum Gasteiger partial charge on any atom is -0.337 e. The smallest absolute Gasteiger partial charge is 0.262 e. The summed E-state index contributed by atoms with van der Waals surface area (Å²) in [5.74, 6) is 0.00273. The fraction of sp³-hybridized carbons (Fsp3) is 0.609. The minimum atomic E-state index is -0.721. The molecule has 4 rings (SSSR count). The lowest BCUT2D eigenvalue weighted by atomic mass is 9.65. The number of thioether (sulfide) groups is 1. The van der Waals surface area contributed by atoms with E-state index in [0.717, 1.165) is 31.6 Å². The first-order valence-corrected chi connectivity index (χ1v) is 11.8. The van der Waals surface area contributed by atoms with E-state index in [1.54, 1.807) is 36.0 Å². The second-order valence-electron chi connectivity index (χ2n) is 10.0. The maximum Gasteiger partial charge on any atom is 0.262 e. The molecule has 1 aliphatic carbocycles. The van der Waals surface area contributed by atoms with Crippen LogP contribution in [-0.2, 0) is 4.79 Å². The van der Waals surface area contributed by atoms with Gasteiger partial charge in [-0.05, 0) is 60.7 Å². The lowest BCUT2D eigenvalue weighted by Crippen LogP contribution is -2.52. The molecule has 0 N–H and O–H groups in total. The van der Waals surface area contributed by atoms with Crippen LogP contribution in [0.4, 0.5) is 0 Å². The van der Waals surface area contributed by atoms with Crippen LogP contribution in [0.2, 0.25) is 0 Å². The van der Waals surface area contributed by atoms with Crippen molar-refractivity contribution in [3.63, 3.8) is 0 Å². The zero-order valence-electron chi connectivity index (χ0n) is 17.7. The predicted octanol–water partition coefficient (Wildman–Crippen LogP) is 3.83. The lowest BCUT2D eigenvalue weighted by Gasteiger charge is -2.39. The van der Waals surface area contributed by atoms with Crippen molar-refractivity contribution in [2.24, 2.45) is 10.8 Å². The Labute approximate surface area is 177 Å². The topological polar surface area (TPSA) is 57.7 Å². The van der Waals surface area contributed by atoms with Gasteiger partial charge in [0.2, 0.25) is 5.91 Å². The number of fused-ring (bicyclic) bond motifs is 3. The maximum atomic E-state index is 13.7. The number of carbonyl (C=O) groups excluding carboxylic acids is 3. The number of likely N-dealkylation sites (tertiary alicyclic amines) is 1. The van der Waals surface area contributed by atoms with Crippen molar-refractivity contribution in [2.45, 2.75) is 58.5 Å². The fourth-order valence-electron chi connectivity index (χ4n) is 5.99. The molecule has 0 aromatic heterocycles. The summed E-state index contributed by atoms with van der Waals surface area (Å²) in [6.45, 7) is 7.55. The molecule has 6 heteroatoms. The number of hydrogen-bond donors (Lipinski definition) is 0. The van der Waals surface area contributed by atoms with E-state index in [-0.39, 0.29) is 34.6 Å². The van der Waals surface area contributed by atoms with Crippen LogP contribution in [0.1, 0.15) is 67.2 Å². The molecule has 5 nitrogen and oxygen atoms in total. The third kappa shape index (κ3) is 3.49. The van der Waals surface area contributed by atoms with Gasteiger partial charge in [0, 0.05) is 12.6 Å². The molecule has 3 aliphatic rings. The first-order valence-electron chi connectivity index (χ1n) is 10.4. The van der Waals surface area contributed by atoms with Crippen LogP contribution in [0.15, 0.2) is 24.3 Å². The number of rotatable bonds is 5. The van der Waals surface area contributed by atoms with Gasteiger partial charge in [-0.3, -0.25) is 19.3 Å². The SMILES string of the molecule is CSCC[C@@H](C(=O)N1C[C@@]2(C)C[C@H]1CC(C)(C)C2)N1C(=O)c2ccccc2C1=O. The van der Waals surface area contributed by atoms with Gasteiger partial charge in [-0.2, -0.15) is 11.8 Å². The molecule has 1 aromatic carbocycles. The van der Waals surface area contributed by atoms with E-state index in [4.69, 9.17) is 0 Å². The molecule has 0 spiro atoms. The Bertz CT molecular complexity index is 832. The van der Waals surface area contributed by atoms with Crippen molar-refractivity contribution in [3.05, 3.63) is 35.4 Å². The van der Waals surface area contributed by atoms with Crippen molar-refractivity contribution in [2.75, 3.05) is 18.6 Å². The third-order valence-corrected chi connectivity index (χ3v) is 7.36. The van der Waals surface area contributed by atoms with E-state index in [2.05, 4.69) is 20.8 Å². The van der Waals surface area contributed by atoms with E-state index >= 15 is 0 Å². The molecule has 156 valence electrons. The summed E-state index contributed by atoms with van der Waals surface area (Å²) >= 11 is 1.63. The van der Waals surface area contributed by atoms with Crippen LogP contribution in [0.25, 0.3) is 0 Å². The Kier molecular flexibility index (Phi) is 5.04. The van der Waals surface area contributed by atoms with Crippen LogP contribution in [0.3, 0.4) is 0 Å². The standard InChI is InChI=1S/C23H30N2O3S/c1-22(2)11-15-12-23(3,13-22)14-24(15)21(28)18(9-10-29-4)25-19(26)16-7-5-6-8-17(16)20(25)27/h5-8,15,18H,9-14H2,1-4H3/t15-,18+,23+/m1/s1. The number of imide groups is 1. The van der Waals surface area contributed by atoms with Crippen LogP contribution in [0.5, 0.6) is 0 Å². The molecule has 0 unspecified atom stereocenters. The molecule has 2 heterocycles. The molecule has 3 atom stereocenters. The maximum absolute atomic E-state index is 13.7. The highest BCUT2D eigenvalue weighted by Gasteiger charge is 2.53. The van der Waals surface area contributed by atoms with Crippen LogP contribution in [-0.4, -0.2) is 58.2 Å². The molecule has 3 amide bonds. The Morgan fingerprint density at radius 3 is 2.34 bits per heavy atom. The molecule has 1 aromatic rings. The average molecular weight is 415 g/mol. The van der Waals surface area contributed by atoms with Crippen molar-refractivity contribution in [1.29, 1.82) is 0 Å². The Hall–Kier alpha value is -1.82. The number of nitrogens with zero attached hydrogens (tertiary/aromatic N) is 2. The monoisotopic (exact) mass is 414 g/mol. The Morgan fingerprint density at radius 2 is 1.76 bits per heavy atom. The van der Waals surface area contributed by atoms with E-state index in [1.807, 2.05) is 11.2 Å². The van der Waals surface area contributed by atoms with Gasteiger partial charge in [-0.1, -0.05) is 32.9 Å². The molecule has 2 aliphatic heterocycles. The zero-order chi connectivity index (χ0) is 21.0. The zero-order valence-corrected chi connectivity index (χ0v) is 18.6. The highest BCUT2D eigenvalue weighted by atomic mass is 32.2. The lowest BCUT2D eigenvalue weighted by molar-refractivity contribution is -0.136. The normalized spacial score (nSPS) is 28.6. The van der Waals surface area contributed by atoms with Crippen molar-refractivity contribution < 1.29 is 14.4 Å². The number of amides is 3. The van der Waals surface area contributed by atoms with Crippen LogP contribution < -0.4 is 0 Å². The van der Waals surface area contributed by atoms with Gasteiger partial charge in [0.05, 0.1) is 11.1 Å². The number of benzene rings is 1. The van der Waals surface area contributed by atoms with Gasteiger partial charge in [0.15, 0.2) is 0 Å². The van der Waals surface area contributed by atoms with E-state index in [9.17, 15) is 14.4 Å². The predicted molar refractivity (Wildman–Crippen MR) is 115 cm³/mol.